The number of carbonyl (C=O) groups is 4. The highest BCUT2D eigenvalue weighted by molar-refractivity contribution is 5.93. The quantitative estimate of drug-likeness (QED) is 0.106. The van der Waals surface area contributed by atoms with Crippen molar-refractivity contribution in [1.29, 1.82) is 0 Å². The van der Waals surface area contributed by atoms with E-state index in [2.05, 4.69) is 20.9 Å². The fourth-order valence-electron chi connectivity index (χ4n) is 3.52. The Balaban J connectivity index is 2.32. The molecule has 0 aliphatic carbocycles. The molecule has 3 rings (SSSR count). The fraction of sp³-hybridized carbons (Fsp3) is 0.458. The minimum absolute atomic E-state index is 0.0337. The number of nitrogens with two attached hydrogens (primary N) is 2. The average Bonchev–Trinajstić information content (AvgIpc) is 2.83. The van der Waals surface area contributed by atoms with E-state index in [-0.39, 0.29) is 25.4 Å². The Kier molecular flexibility index (Phi) is 11.2. The third-order valence-electron chi connectivity index (χ3n) is 5.31. The molecule has 0 aromatic heterocycles. The van der Waals surface area contributed by atoms with Crippen molar-refractivity contribution in [1.82, 2.24) is 16.0 Å². The standard InChI is InChI=1S/C24H34N6O6/c1-15(31)28-20-14-16-8-10-17(11-9-16)36-13-5-7-19(23(34)35-2)30-21(32)18(29-22(20)33)6-3-4-12-27-24(25)26/h5,7-11,18-20H,3-4,6,12-14H2,1-2H3,(H,28,31)(H,29,33)(H,30,32)(H4,25,26,27)/b7-5+/t18-,19-,20-/m0/s1. The Morgan fingerprint density at radius 3 is 2.50 bits per heavy atom. The summed E-state index contributed by atoms with van der Waals surface area (Å²) in [5.74, 6) is -1.64. The van der Waals surface area contributed by atoms with Crippen molar-refractivity contribution in [2.45, 2.75) is 50.7 Å². The Bertz CT molecular complexity index is 974. The predicted molar refractivity (Wildman–Crippen MR) is 133 cm³/mol. The third-order valence-corrected chi connectivity index (χ3v) is 5.31. The predicted octanol–water partition coefficient (Wildman–Crippen LogP) is -0.731. The van der Waals surface area contributed by atoms with Gasteiger partial charge in [-0.1, -0.05) is 18.2 Å². The number of hydrogen-bond acceptors (Lipinski definition) is 7. The summed E-state index contributed by atoms with van der Waals surface area (Å²) in [5.41, 5.74) is 11.5. The van der Waals surface area contributed by atoms with Gasteiger partial charge in [-0.05, 0) is 43.0 Å². The van der Waals surface area contributed by atoms with Crippen molar-refractivity contribution < 1.29 is 28.7 Å². The molecule has 7 N–H and O–H groups in total. The van der Waals surface area contributed by atoms with E-state index in [9.17, 15) is 19.2 Å². The molecule has 2 bridgehead atoms. The molecule has 2 aliphatic rings. The zero-order valence-electron chi connectivity index (χ0n) is 20.5. The number of benzene rings is 1. The van der Waals surface area contributed by atoms with E-state index >= 15 is 0 Å². The highest BCUT2D eigenvalue weighted by atomic mass is 16.5. The first-order valence-corrected chi connectivity index (χ1v) is 11.6. The van der Waals surface area contributed by atoms with Crippen LogP contribution in [0.3, 0.4) is 0 Å². The Morgan fingerprint density at radius 1 is 1.14 bits per heavy atom. The van der Waals surface area contributed by atoms with E-state index in [1.165, 1.54) is 20.1 Å². The summed E-state index contributed by atoms with van der Waals surface area (Å²) < 4.78 is 10.4. The van der Waals surface area contributed by atoms with Crippen molar-refractivity contribution in [2.24, 2.45) is 16.5 Å². The number of nitrogens with one attached hydrogen (secondary N) is 3. The van der Waals surface area contributed by atoms with Crippen molar-refractivity contribution in [3.63, 3.8) is 0 Å². The van der Waals surface area contributed by atoms with Gasteiger partial charge in [-0.2, -0.15) is 0 Å². The highest BCUT2D eigenvalue weighted by Crippen LogP contribution is 2.14. The van der Waals surface area contributed by atoms with Gasteiger partial charge in [0.05, 0.1) is 7.11 Å². The summed E-state index contributed by atoms with van der Waals surface area (Å²) in [5, 5.41) is 7.96. The van der Waals surface area contributed by atoms with Gasteiger partial charge in [0.25, 0.3) is 0 Å². The minimum Gasteiger partial charge on any atom is -0.490 e. The molecule has 2 heterocycles. The number of aliphatic imine (C=N–C) groups is 1. The van der Waals surface area contributed by atoms with Crippen LogP contribution in [0.5, 0.6) is 5.75 Å². The molecule has 36 heavy (non-hydrogen) atoms. The van der Waals surface area contributed by atoms with Crippen molar-refractivity contribution in [3.05, 3.63) is 42.0 Å². The first kappa shape index (κ1) is 28.1. The molecule has 0 unspecified atom stereocenters. The summed E-state index contributed by atoms with van der Waals surface area (Å²) >= 11 is 0. The number of rotatable bonds is 7. The zero-order valence-corrected chi connectivity index (χ0v) is 20.5. The highest BCUT2D eigenvalue weighted by Gasteiger charge is 2.29. The Morgan fingerprint density at radius 2 is 1.86 bits per heavy atom. The van der Waals surface area contributed by atoms with Gasteiger partial charge in [-0.15, -0.1) is 0 Å². The first-order valence-electron chi connectivity index (χ1n) is 11.6. The summed E-state index contributed by atoms with van der Waals surface area (Å²) in [7, 11) is 1.21. The second-order valence-corrected chi connectivity index (χ2v) is 8.21. The Labute approximate surface area is 209 Å². The molecular formula is C24H34N6O6. The molecule has 196 valence electrons. The lowest BCUT2D eigenvalue weighted by Gasteiger charge is -2.24. The molecule has 1 aromatic rings. The molecule has 1 aromatic carbocycles. The molecule has 0 spiro atoms. The van der Waals surface area contributed by atoms with Crippen LogP contribution in [0.25, 0.3) is 0 Å². The SMILES string of the molecule is COC(=O)[C@@H]1/C=C/COc2ccc(cc2)C[C@H](NC(C)=O)C(=O)N[C@@H](CCCCN=C(N)N)C(=O)N1. The maximum Gasteiger partial charge on any atom is 0.332 e. The number of unbranched alkanes of at least 4 members (excludes halogenated alkanes) is 1. The lowest BCUT2D eigenvalue weighted by atomic mass is 10.0. The maximum atomic E-state index is 13.2. The zero-order chi connectivity index (χ0) is 26.5. The summed E-state index contributed by atoms with van der Waals surface area (Å²) in [6.45, 7) is 1.83. The molecule has 0 saturated carbocycles. The van der Waals surface area contributed by atoms with Gasteiger partial charge in [0, 0.05) is 19.9 Å². The van der Waals surface area contributed by atoms with Crippen LogP contribution in [-0.4, -0.2) is 68.0 Å². The summed E-state index contributed by atoms with van der Waals surface area (Å²) in [4.78, 5) is 54.2. The van der Waals surface area contributed by atoms with E-state index in [0.29, 0.717) is 25.1 Å². The number of methoxy groups -OCH3 is 1. The fourth-order valence-corrected chi connectivity index (χ4v) is 3.52. The van der Waals surface area contributed by atoms with Crippen molar-refractivity contribution >= 4 is 29.7 Å². The minimum atomic E-state index is -1.09. The van der Waals surface area contributed by atoms with Crippen LogP contribution in [0, 0.1) is 0 Å². The molecule has 12 nitrogen and oxygen atoms in total. The molecule has 12 heteroatoms. The van der Waals surface area contributed by atoms with Crippen LogP contribution in [0.2, 0.25) is 0 Å². The third kappa shape index (κ3) is 9.65. The van der Waals surface area contributed by atoms with Crippen LogP contribution in [0.4, 0.5) is 0 Å². The second-order valence-electron chi connectivity index (χ2n) is 8.21. The van der Waals surface area contributed by atoms with Crippen molar-refractivity contribution in [2.75, 3.05) is 20.3 Å². The number of nitrogens with zero attached hydrogens (tertiary/aromatic N) is 1. The summed E-state index contributed by atoms with van der Waals surface area (Å²) in [6, 6.07) is 4.08. The van der Waals surface area contributed by atoms with Crippen LogP contribution in [0.1, 0.15) is 31.7 Å². The van der Waals surface area contributed by atoms with Gasteiger partial charge in [-0.3, -0.25) is 19.4 Å². The maximum absolute atomic E-state index is 13.2. The van der Waals surface area contributed by atoms with Crippen LogP contribution < -0.4 is 32.2 Å². The number of ether oxygens (including phenoxy) is 2. The molecule has 0 fully saturated rings. The number of hydrogen-bond donors (Lipinski definition) is 5. The Hall–Kier alpha value is -4.09. The molecule has 3 atom stereocenters. The van der Waals surface area contributed by atoms with E-state index < -0.39 is 41.8 Å². The normalized spacial score (nSPS) is 21.3. The van der Waals surface area contributed by atoms with Crippen LogP contribution >= 0.6 is 0 Å². The topological polar surface area (TPSA) is 187 Å². The molecular weight excluding hydrogens is 468 g/mol. The van der Waals surface area contributed by atoms with Crippen molar-refractivity contribution in [3.8, 4) is 5.75 Å². The molecule has 0 radical (unpaired) electrons. The van der Waals surface area contributed by atoms with Gasteiger partial charge < -0.3 is 36.9 Å². The number of esters is 1. The second kappa shape index (κ2) is 14.3. The van der Waals surface area contributed by atoms with Gasteiger partial charge in [0.1, 0.15) is 30.5 Å². The van der Waals surface area contributed by atoms with Gasteiger partial charge in [-0.25, -0.2) is 4.79 Å². The average molecular weight is 503 g/mol. The van der Waals surface area contributed by atoms with Gasteiger partial charge in [0.2, 0.25) is 17.7 Å². The van der Waals surface area contributed by atoms with Crippen LogP contribution in [-0.2, 0) is 30.3 Å². The number of carbonyl (C=O) groups excluding carboxylic acids is 4. The van der Waals surface area contributed by atoms with E-state index in [1.54, 1.807) is 30.3 Å². The number of fused-ring (bicyclic) bond motifs is 12. The van der Waals surface area contributed by atoms with Gasteiger partial charge in [0.15, 0.2) is 5.96 Å². The monoisotopic (exact) mass is 502 g/mol. The first-order chi connectivity index (χ1) is 17.2. The van der Waals surface area contributed by atoms with Gasteiger partial charge >= 0.3 is 5.97 Å². The lowest BCUT2D eigenvalue weighted by molar-refractivity contribution is -0.144. The van der Waals surface area contributed by atoms with E-state index in [4.69, 9.17) is 20.9 Å². The summed E-state index contributed by atoms with van der Waals surface area (Å²) in [6.07, 6.45) is 4.58. The smallest absolute Gasteiger partial charge is 0.332 e. The number of guanidine groups is 1. The lowest BCUT2D eigenvalue weighted by Crippen LogP contribution is -2.56. The van der Waals surface area contributed by atoms with E-state index in [0.717, 1.165) is 5.56 Å². The molecule has 2 aliphatic heterocycles. The van der Waals surface area contributed by atoms with Crippen LogP contribution in [0.15, 0.2) is 41.4 Å². The van der Waals surface area contributed by atoms with E-state index in [1.807, 2.05) is 0 Å². The largest absolute Gasteiger partial charge is 0.490 e. The molecule has 0 saturated heterocycles. The number of amides is 3. The molecule has 3 amide bonds.